The summed E-state index contributed by atoms with van der Waals surface area (Å²) in [6.07, 6.45) is 0.995. The molecule has 1 N–H and O–H groups in total. The highest BCUT2D eigenvalue weighted by molar-refractivity contribution is 6.30. The van der Waals surface area contributed by atoms with E-state index in [1.807, 2.05) is 4.90 Å². The summed E-state index contributed by atoms with van der Waals surface area (Å²) in [5.41, 5.74) is 3.01. The van der Waals surface area contributed by atoms with Crippen molar-refractivity contribution < 1.29 is 18.4 Å². The molecule has 0 unspecified atom stereocenters. The summed E-state index contributed by atoms with van der Waals surface area (Å²) in [6, 6.07) is 8.92. The van der Waals surface area contributed by atoms with Crippen molar-refractivity contribution in [3.63, 3.8) is 0 Å². The lowest BCUT2D eigenvalue weighted by molar-refractivity contribution is -0.120. The molecular formula is C18H18Cl2F2N2O2. The molecule has 4 nitrogen and oxygen atoms in total. The fourth-order valence-electron chi connectivity index (χ4n) is 2.45. The molecule has 2 rings (SSSR count). The summed E-state index contributed by atoms with van der Waals surface area (Å²) in [4.78, 5) is 16.9. The molecule has 0 aliphatic carbocycles. The third-order valence-corrected chi connectivity index (χ3v) is 4.14. The maximum Gasteiger partial charge on any atom is 0.230 e. The van der Waals surface area contributed by atoms with Gasteiger partial charge in [-0.2, -0.15) is 0 Å². The number of carbonyl (C=O) groups excluding carboxylic acids is 1. The number of hydrogen-bond donors (Lipinski definition) is 1. The quantitative estimate of drug-likeness (QED) is 0.365. The molecule has 0 bridgehead atoms. The summed E-state index contributed by atoms with van der Waals surface area (Å²) in [5, 5.41) is 0.629. The molecule has 2 aromatic rings. The van der Waals surface area contributed by atoms with E-state index in [4.69, 9.17) is 28.0 Å². The third kappa shape index (κ3) is 6.53. The van der Waals surface area contributed by atoms with Crippen LogP contribution in [-0.2, 0) is 22.7 Å². The van der Waals surface area contributed by atoms with Crippen LogP contribution in [0, 0.1) is 11.6 Å². The Labute approximate surface area is 160 Å². The molecule has 0 atom stereocenters. The van der Waals surface area contributed by atoms with Crippen molar-refractivity contribution in [3.05, 3.63) is 69.2 Å². The topological polar surface area (TPSA) is 41.6 Å². The standard InChI is InChI=1S/C18H18Cl2F2N2O2/c19-15-4-2-13(17(21)8-15)10-24(6-1-7-26-23-12-25)11-14-3-5-16(20)9-18(14)22/h2-5,8-9,12H,1,6-7,10-11H2,(H,23,25). The van der Waals surface area contributed by atoms with Crippen LogP contribution in [0.15, 0.2) is 36.4 Å². The van der Waals surface area contributed by atoms with E-state index in [1.54, 1.807) is 24.3 Å². The van der Waals surface area contributed by atoms with Gasteiger partial charge < -0.3 is 0 Å². The normalized spacial score (nSPS) is 11.0. The van der Waals surface area contributed by atoms with Gasteiger partial charge in [0, 0.05) is 40.8 Å². The lowest BCUT2D eigenvalue weighted by atomic mass is 10.1. The highest BCUT2D eigenvalue weighted by Crippen LogP contribution is 2.20. The van der Waals surface area contributed by atoms with Crippen LogP contribution < -0.4 is 5.48 Å². The van der Waals surface area contributed by atoms with E-state index in [0.717, 1.165) is 0 Å². The fourth-order valence-corrected chi connectivity index (χ4v) is 2.77. The summed E-state index contributed by atoms with van der Waals surface area (Å²) in [7, 11) is 0. The van der Waals surface area contributed by atoms with E-state index in [-0.39, 0.29) is 19.7 Å². The first-order chi connectivity index (χ1) is 12.5. The fraction of sp³-hybridized carbons (Fsp3) is 0.278. The van der Waals surface area contributed by atoms with E-state index in [0.29, 0.717) is 40.5 Å². The molecule has 0 aromatic heterocycles. The van der Waals surface area contributed by atoms with Gasteiger partial charge in [-0.1, -0.05) is 35.3 Å². The Morgan fingerprint density at radius 1 is 1.00 bits per heavy atom. The highest BCUT2D eigenvalue weighted by Gasteiger charge is 2.13. The first-order valence-electron chi connectivity index (χ1n) is 7.90. The van der Waals surface area contributed by atoms with E-state index in [2.05, 4.69) is 5.48 Å². The number of hydrogen-bond acceptors (Lipinski definition) is 3. The lowest BCUT2D eigenvalue weighted by Crippen LogP contribution is -2.26. The number of benzene rings is 2. The van der Waals surface area contributed by atoms with Crippen molar-refractivity contribution in [2.75, 3.05) is 13.2 Å². The average Bonchev–Trinajstić information content (AvgIpc) is 2.59. The van der Waals surface area contributed by atoms with Crippen LogP contribution in [0.5, 0.6) is 0 Å². The molecule has 0 saturated carbocycles. The molecule has 0 spiro atoms. The van der Waals surface area contributed by atoms with Crippen molar-refractivity contribution in [3.8, 4) is 0 Å². The molecule has 0 aliphatic heterocycles. The number of nitrogens with zero attached hydrogens (tertiary/aromatic N) is 1. The van der Waals surface area contributed by atoms with Crippen LogP contribution in [0.3, 0.4) is 0 Å². The number of nitrogens with one attached hydrogen (secondary N) is 1. The van der Waals surface area contributed by atoms with Gasteiger partial charge in [0.05, 0.1) is 6.61 Å². The van der Waals surface area contributed by atoms with Gasteiger partial charge in [0.1, 0.15) is 11.6 Å². The van der Waals surface area contributed by atoms with Gasteiger partial charge in [-0.05, 0) is 30.7 Å². The smallest absolute Gasteiger partial charge is 0.230 e. The van der Waals surface area contributed by atoms with Gasteiger partial charge in [0.25, 0.3) is 0 Å². The van der Waals surface area contributed by atoms with Gasteiger partial charge in [0.2, 0.25) is 6.41 Å². The first-order valence-corrected chi connectivity index (χ1v) is 8.66. The minimum Gasteiger partial charge on any atom is -0.295 e. The van der Waals surface area contributed by atoms with Crippen molar-refractivity contribution in [2.24, 2.45) is 0 Å². The van der Waals surface area contributed by atoms with E-state index in [9.17, 15) is 13.6 Å². The zero-order chi connectivity index (χ0) is 18.9. The second-order valence-corrected chi connectivity index (χ2v) is 6.49. The number of rotatable bonds is 10. The number of hydroxylamine groups is 1. The molecule has 8 heteroatoms. The molecule has 140 valence electrons. The largest absolute Gasteiger partial charge is 0.295 e. The van der Waals surface area contributed by atoms with Crippen LogP contribution in [0.25, 0.3) is 0 Å². The molecule has 0 saturated heterocycles. The SMILES string of the molecule is O=CNOCCCN(Cc1ccc(Cl)cc1F)Cc1ccc(Cl)cc1F. The average molecular weight is 403 g/mol. The number of carbonyl (C=O) groups is 1. The van der Waals surface area contributed by atoms with Crippen LogP contribution in [-0.4, -0.2) is 24.5 Å². The second-order valence-electron chi connectivity index (χ2n) is 5.62. The first kappa shape index (κ1) is 20.6. The Kier molecular flexibility index (Phi) is 8.25. The maximum atomic E-state index is 14.1. The Hall–Kier alpha value is -1.73. The van der Waals surface area contributed by atoms with Crippen LogP contribution in [0.1, 0.15) is 17.5 Å². The molecule has 0 radical (unpaired) electrons. The zero-order valence-electron chi connectivity index (χ0n) is 13.9. The molecule has 0 heterocycles. The van der Waals surface area contributed by atoms with Crippen LogP contribution >= 0.6 is 23.2 Å². The Bertz CT molecular complexity index is 694. The molecule has 0 aliphatic rings. The Balaban J connectivity index is 2.08. The predicted octanol–water partition coefficient (Wildman–Crippen LogP) is 4.34. The predicted molar refractivity (Wildman–Crippen MR) is 96.7 cm³/mol. The monoisotopic (exact) mass is 402 g/mol. The molecule has 2 aromatic carbocycles. The van der Waals surface area contributed by atoms with E-state index in [1.165, 1.54) is 12.1 Å². The van der Waals surface area contributed by atoms with Gasteiger partial charge in [-0.3, -0.25) is 14.5 Å². The van der Waals surface area contributed by atoms with E-state index < -0.39 is 11.6 Å². The minimum absolute atomic E-state index is 0.270. The molecule has 1 amide bonds. The van der Waals surface area contributed by atoms with E-state index >= 15 is 0 Å². The van der Waals surface area contributed by atoms with Gasteiger partial charge in [-0.15, -0.1) is 0 Å². The minimum atomic E-state index is -0.419. The van der Waals surface area contributed by atoms with Gasteiger partial charge in [0.15, 0.2) is 0 Å². The molecule has 26 heavy (non-hydrogen) atoms. The van der Waals surface area contributed by atoms with Crippen molar-refractivity contribution >= 4 is 29.6 Å². The van der Waals surface area contributed by atoms with Crippen molar-refractivity contribution in [1.82, 2.24) is 10.4 Å². The van der Waals surface area contributed by atoms with Crippen molar-refractivity contribution in [2.45, 2.75) is 19.5 Å². The van der Waals surface area contributed by atoms with Gasteiger partial charge in [-0.25, -0.2) is 14.3 Å². The van der Waals surface area contributed by atoms with Crippen LogP contribution in [0.4, 0.5) is 8.78 Å². The maximum absolute atomic E-state index is 14.1. The number of halogens is 4. The van der Waals surface area contributed by atoms with Crippen molar-refractivity contribution in [1.29, 1.82) is 0 Å². The highest BCUT2D eigenvalue weighted by atomic mass is 35.5. The van der Waals surface area contributed by atoms with Crippen LogP contribution in [0.2, 0.25) is 10.0 Å². The summed E-state index contributed by atoms with van der Waals surface area (Å²) in [5.74, 6) is -0.837. The lowest BCUT2D eigenvalue weighted by Gasteiger charge is -2.23. The zero-order valence-corrected chi connectivity index (χ0v) is 15.4. The van der Waals surface area contributed by atoms with Gasteiger partial charge >= 0.3 is 0 Å². The Morgan fingerprint density at radius 2 is 1.54 bits per heavy atom. The Morgan fingerprint density at radius 3 is 2.00 bits per heavy atom. The molecule has 0 fully saturated rings. The number of amides is 1. The second kappa shape index (κ2) is 10.4. The third-order valence-electron chi connectivity index (χ3n) is 3.67. The summed E-state index contributed by atoms with van der Waals surface area (Å²) < 4.78 is 28.2. The summed E-state index contributed by atoms with van der Waals surface area (Å²) >= 11 is 11.6. The summed E-state index contributed by atoms with van der Waals surface area (Å²) in [6.45, 7) is 1.32. The molecular weight excluding hydrogens is 385 g/mol.